The highest BCUT2D eigenvalue weighted by atomic mass is 127. The van der Waals surface area contributed by atoms with Crippen LogP contribution in [0.25, 0.3) is 66.9 Å². The second kappa shape index (κ2) is 39.4. The van der Waals surface area contributed by atoms with Crippen LogP contribution in [0.5, 0.6) is 0 Å². The average molecular weight is 1500 g/mol. The Hall–Kier alpha value is -10.1. The third-order valence-corrected chi connectivity index (χ3v) is 16.2. The Labute approximate surface area is 621 Å². The lowest BCUT2D eigenvalue weighted by atomic mass is 10.0. The summed E-state index contributed by atoms with van der Waals surface area (Å²) in [6, 6.07) is 57.5. The van der Waals surface area contributed by atoms with Crippen LogP contribution in [0.15, 0.2) is 183 Å². The van der Waals surface area contributed by atoms with E-state index in [1.165, 1.54) is 51.4 Å². The number of aromatic nitrogens is 12. The number of hydrogen-bond acceptors (Lipinski definition) is 18. The van der Waals surface area contributed by atoms with E-state index in [1.54, 1.807) is 6.33 Å². The summed E-state index contributed by atoms with van der Waals surface area (Å²) in [5.41, 5.74) is 26.5. The van der Waals surface area contributed by atoms with Crippen molar-refractivity contribution in [3.8, 4) is 33.4 Å². The van der Waals surface area contributed by atoms with E-state index < -0.39 is 0 Å². The van der Waals surface area contributed by atoms with E-state index in [2.05, 4.69) is 279 Å². The van der Waals surface area contributed by atoms with Gasteiger partial charge in [-0.3, -0.25) is 9.73 Å². The van der Waals surface area contributed by atoms with E-state index in [-0.39, 0.29) is 36.1 Å². The number of carbonyl (C=O) groups excluding carboxylic acids is 1. The Morgan fingerprint density at radius 1 is 0.398 bits per heavy atom. The van der Waals surface area contributed by atoms with Crippen LogP contribution in [-0.2, 0) is 24.4 Å². The van der Waals surface area contributed by atoms with E-state index in [0.717, 1.165) is 58.0 Å². The number of nitrogens with two attached hydrogens (primary N) is 2. The number of rotatable bonds is 26. The Kier molecular flexibility index (Phi) is 30.0. The third kappa shape index (κ3) is 23.2. The number of amides is 1. The molecule has 0 saturated heterocycles. The predicted octanol–water partition coefficient (Wildman–Crippen LogP) is 16.6. The van der Waals surface area contributed by atoms with Crippen LogP contribution in [-0.4, -0.2) is 103 Å². The maximum atomic E-state index is 11.3. The van der Waals surface area contributed by atoms with Gasteiger partial charge in [-0.2, -0.15) is 29.9 Å². The molecule has 0 saturated carbocycles. The molecule has 6 aromatic heterocycles. The van der Waals surface area contributed by atoms with Gasteiger partial charge in [0, 0.05) is 76.4 Å². The molecule has 23 heteroatoms. The van der Waals surface area contributed by atoms with E-state index in [1.807, 2.05) is 88.6 Å². The highest BCUT2D eigenvalue weighted by Crippen LogP contribution is 2.29. The molecule has 0 aliphatic carbocycles. The third-order valence-electron chi connectivity index (χ3n) is 16.2. The number of benzene rings is 6. The van der Waals surface area contributed by atoms with Crippen molar-refractivity contribution in [3.63, 3.8) is 0 Å². The predicted molar refractivity (Wildman–Crippen MR) is 435 cm³/mol. The zero-order valence-electron chi connectivity index (χ0n) is 61.8. The van der Waals surface area contributed by atoms with Crippen molar-refractivity contribution in [2.45, 2.75) is 140 Å². The van der Waals surface area contributed by atoms with Gasteiger partial charge in [0.25, 0.3) is 0 Å². The number of carbonyl (C=O) groups is 1. The maximum Gasteiger partial charge on any atom is 0.226 e. The molecular weight excluding hydrogens is 1400 g/mol. The molecule has 0 fully saturated rings. The molecule has 12 rings (SSSR count). The van der Waals surface area contributed by atoms with Gasteiger partial charge >= 0.3 is 0 Å². The van der Waals surface area contributed by atoms with Crippen LogP contribution in [0.2, 0.25) is 0 Å². The van der Waals surface area contributed by atoms with Gasteiger partial charge < -0.3 is 85.0 Å². The van der Waals surface area contributed by atoms with Crippen LogP contribution in [0.3, 0.4) is 0 Å². The molecule has 542 valence electrons. The number of nitrogens with zero attached hydrogens (tertiary/aromatic N) is 12. The first-order valence-electron chi connectivity index (χ1n) is 35.3. The van der Waals surface area contributed by atoms with Crippen LogP contribution >= 0.6 is 22.6 Å². The summed E-state index contributed by atoms with van der Waals surface area (Å²) in [7, 11) is 0. The fourth-order valence-electron chi connectivity index (χ4n) is 10.6. The molecule has 1 amide bonds. The van der Waals surface area contributed by atoms with Gasteiger partial charge in [0.05, 0.1) is 19.0 Å². The summed E-state index contributed by atoms with van der Waals surface area (Å²) in [5.74, 6) is 4.92. The minimum atomic E-state index is -0.0656. The van der Waals surface area contributed by atoms with Gasteiger partial charge in [0.1, 0.15) is 0 Å². The number of anilines is 6. The van der Waals surface area contributed by atoms with E-state index in [4.69, 9.17) is 26.4 Å². The summed E-state index contributed by atoms with van der Waals surface area (Å²) >= 11 is 1.90. The van der Waals surface area contributed by atoms with Crippen molar-refractivity contribution < 1.29 is 4.79 Å². The normalized spacial score (nSPS) is 11.6. The molecule has 0 aliphatic heterocycles. The second-order valence-electron chi connectivity index (χ2n) is 26.9. The van der Waals surface area contributed by atoms with E-state index >= 15 is 0 Å². The first-order chi connectivity index (χ1) is 49.7. The first kappa shape index (κ1) is 78.6. The summed E-state index contributed by atoms with van der Waals surface area (Å²) in [5, 5.41) is 23.0. The summed E-state index contributed by atoms with van der Waals surface area (Å²) in [6.07, 6.45) is 5.46. The summed E-state index contributed by atoms with van der Waals surface area (Å²) in [6.45, 7) is 31.2. The van der Waals surface area contributed by atoms with E-state index in [0.29, 0.717) is 74.0 Å². The fourth-order valence-corrected chi connectivity index (χ4v) is 10.6. The molecule has 0 unspecified atom stereocenters. The lowest BCUT2D eigenvalue weighted by molar-refractivity contribution is -0.119. The zero-order chi connectivity index (χ0) is 74.0. The van der Waals surface area contributed by atoms with Crippen LogP contribution in [0, 0.1) is 16.8 Å². The molecular formula is C80H103IN21O-. The molecule has 6 aromatic carbocycles. The molecule has 103 heavy (non-hydrogen) atoms. The minimum Gasteiger partial charge on any atom is -0.364 e. The molecule has 0 spiro atoms. The van der Waals surface area contributed by atoms with Crippen LogP contribution < -0.4 is 48.7 Å². The highest BCUT2D eigenvalue weighted by molar-refractivity contribution is 14.1. The van der Waals surface area contributed by atoms with E-state index in [9.17, 15) is 4.79 Å². The molecule has 6 heterocycles. The molecule has 11 N–H and O–H groups in total. The summed E-state index contributed by atoms with van der Waals surface area (Å²) < 4.78 is 6.16. The Morgan fingerprint density at radius 3 is 0.942 bits per heavy atom. The number of hydrogen-bond donors (Lipinski definition) is 9. The smallest absolute Gasteiger partial charge is 0.226 e. The van der Waals surface area contributed by atoms with Gasteiger partial charge in [-0.1, -0.05) is 191 Å². The van der Waals surface area contributed by atoms with Crippen molar-refractivity contribution in [3.05, 3.63) is 204 Å². The largest absolute Gasteiger partial charge is 0.364 e. The zero-order valence-corrected chi connectivity index (χ0v) is 64.0. The molecule has 22 nitrogen and oxygen atoms in total. The van der Waals surface area contributed by atoms with Crippen LogP contribution in [0.1, 0.15) is 125 Å². The monoisotopic (exact) mass is 1500 g/mol. The topological polar surface area (TPSA) is 284 Å². The van der Waals surface area contributed by atoms with Crippen LogP contribution in [0.4, 0.5) is 35.3 Å². The van der Waals surface area contributed by atoms with Gasteiger partial charge in [-0.15, -0.1) is 0 Å². The van der Waals surface area contributed by atoms with Crippen molar-refractivity contribution in [2.75, 3.05) is 58.1 Å². The van der Waals surface area contributed by atoms with Crippen molar-refractivity contribution >= 4 is 97.3 Å². The molecule has 0 radical (unpaired) electrons. The lowest BCUT2D eigenvalue weighted by Gasteiger charge is -2.15. The van der Waals surface area contributed by atoms with Crippen molar-refractivity contribution in [2.24, 2.45) is 23.3 Å². The highest BCUT2D eigenvalue weighted by Gasteiger charge is 2.19. The molecule has 2 atom stereocenters. The number of nitrogens with one attached hydrogen (secondary N) is 7. The van der Waals surface area contributed by atoms with Gasteiger partial charge in [0.2, 0.25) is 23.8 Å². The number of imidazole rings is 3. The quantitative estimate of drug-likeness (QED) is 0.0180. The number of fused-ring (bicyclic) bond motifs is 3. The maximum absolute atomic E-state index is 11.3. The van der Waals surface area contributed by atoms with Crippen molar-refractivity contribution in [1.82, 2.24) is 63.9 Å². The average Bonchev–Trinajstić information content (AvgIpc) is 1.67. The SMILES string of the molecule is CC(=O)N[C@@H](C)CNc1nc(NCc2ccc(-c3ccccc3)cc2)c2ncn(C(C)C)c2n1.CC(C)CN.CC(C)CNc1nc(NCc2ccc(-c3ccccc3)cc2)c2ncn(C(C)C)c2n1.CC(C)n1cnc2c(NCc3ccc(-c4ccccc4)cc3)nc(NC[C@H](C)N)nc21.[CH2-]I. The number of halogens is 1. The second-order valence-corrected chi connectivity index (χ2v) is 26.9. The Balaban J connectivity index is 0.000000187. The lowest BCUT2D eigenvalue weighted by Crippen LogP contribution is -2.36. The molecule has 12 aromatic rings. The molecule has 0 aliphatic rings. The summed E-state index contributed by atoms with van der Waals surface area (Å²) in [4.78, 5) is 56.4. The van der Waals surface area contributed by atoms with Gasteiger partial charge in [-0.25, -0.2) is 15.0 Å². The van der Waals surface area contributed by atoms with Gasteiger partial charge in [0.15, 0.2) is 50.9 Å². The molecule has 0 bridgehead atoms. The fraction of sp³-hybridized carbons (Fsp3) is 0.338. The van der Waals surface area contributed by atoms with Crippen molar-refractivity contribution in [1.29, 1.82) is 0 Å². The Bertz CT molecular complexity index is 4320. The first-order valence-corrected chi connectivity index (χ1v) is 36.8. The van der Waals surface area contributed by atoms with Gasteiger partial charge in [-0.05, 0) is 124 Å². The standard InChI is InChI=1S/C26H31N7O.C25H30N6.C24H29N7.C4H11N.CH2I/c1-17(2)33-16-29-23-24(31-26(32-25(23)33)28-14-18(3)30-19(4)34)27-15-20-10-12-22(13-11-20)21-8-6-5-7-9-21;1-17(2)14-27-25-29-23(22-24(30-25)31(16-28-22)18(3)4)26-15-19-10-12-21(13-11-19)20-8-6-5-7-9-20;1-16(2)31-15-28-21-22(29-24(30-23(21)31)27-13-17(3)25)26-14-18-9-11-20(12-10-18)19-7-5-4-6-8-19;1-4(2)3-5;1-2/h5-13,16-18H,14-15H2,1-4H3,(H,30,34)(H2,27,28,31,32);5-13,16-18H,14-15H2,1-4H3,(H2,26,27,29,30);4-12,15-17H,13-14,25H2,1-3H3,(H2,26,27,29,30);4H,3,5H2,1-2H3;1H2/q;;;;-1/t18-;;17-;;/m0.0../s1. The minimum absolute atomic E-state index is 0.00819. The Morgan fingerprint density at radius 2 is 0.680 bits per heavy atom.